The lowest BCUT2D eigenvalue weighted by Crippen LogP contribution is -2.03. The molecule has 0 saturated heterocycles. The average Bonchev–Trinajstić information content (AvgIpc) is 3.48. The van der Waals surface area contributed by atoms with Crippen LogP contribution in [0.25, 0.3) is 22.8 Å². The van der Waals surface area contributed by atoms with E-state index >= 15 is 0 Å². The van der Waals surface area contributed by atoms with Gasteiger partial charge in [-0.2, -0.15) is 10.4 Å². The van der Waals surface area contributed by atoms with Gasteiger partial charge in [0.2, 0.25) is 0 Å². The number of ether oxygens (including phenoxy) is 1. The molecular weight excluding hydrogens is 458 g/mol. The van der Waals surface area contributed by atoms with Gasteiger partial charge in [0, 0.05) is 29.4 Å². The Morgan fingerprint density at radius 1 is 0.943 bits per heavy atom. The molecule has 0 aliphatic heterocycles. The van der Waals surface area contributed by atoms with E-state index in [-0.39, 0.29) is 0 Å². The molecule has 5 aromatic rings. The first kappa shape index (κ1) is 22.4. The van der Waals surface area contributed by atoms with Crippen molar-refractivity contribution < 1.29 is 4.74 Å². The highest BCUT2D eigenvalue weighted by Gasteiger charge is 2.20. The Morgan fingerprint density at radius 2 is 1.69 bits per heavy atom. The minimum absolute atomic E-state index is 0.489. The third-order valence-corrected chi connectivity index (χ3v) is 6.45. The van der Waals surface area contributed by atoms with Crippen LogP contribution in [-0.2, 0) is 5.75 Å². The van der Waals surface area contributed by atoms with Gasteiger partial charge in [-0.15, -0.1) is 10.2 Å². The maximum atomic E-state index is 9.83. The number of thioether (sulfide) groups is 1. The second-order valence-electron chi connectivity index (χ2n) is 7.63. The lowest BCUT2D eigenvalue weighted by Gasteiger charge is -2.12. The molecule has 0 aliphatic rings. The van der Waals surface area contributed by atoms with E-state index in [0.29, 0.717) is 28.0 Å². The lowest BCUT2D eigenvalue weighted by atomic mass is 10.2. The van der Waals surface area contributed by atoms with Crippen LogP contribution >= 0.6 is 11.8 Å². The van der Waals surface area contributed by atoms with Crippen LogP contribution in [0, 0.1) is 18.3 Å². The Hall–Kier alpha value is -4.42. The zero-order valence-corrected chi connectivity index (χ0v) is 20.0. The molecule has 0 atom stereocenters. The molecule has 0 N–H and O–H groups in total. The van der Waals surface area contributed by atoms with Gasteiger partial charge in [-0.05, 0) is 55.5 Å². The summed E-state index contributed by atoms with van der Waals surface area (Å²) in [6.07, 6.45) is 3.46. The number of para-hydroxylation sites is 1. The normalized spacial score (nSPS) is 10.8. The van der Waals surface area contributed by atoms with Crippen molar-refractivity contribution in [3.8, 4) is 34.6 Å². The minimum atomic E-state index is 0.489. The molecular formula is C26H21N7OS. The van der Waals surface area contributed by atoms with Gasteiger partial charge < -0.3 is 4.74 Å². The molecule has 172 valence electrons. The third kappa shape index (κ3) is 4.39. The van der Waals surface area contributed by atoms with Crippen LogP contribution in [0.2, 0.25) is 0 Å². The fourth-order valence-corrected chi connectivity index (χ4v) is 4.74. The van der Waals surface area contributed by atoms with Crippen LogP contribution < -0.4 is 4.74 Å². The first-order valence-corrected chi connectivity index (χ1v) is 11.8. The van der Waals surface area contributed by atoms with E-state index in [1.54, 1.807) is 19.5 Å². The SMILES string of the molecule is COc1ccc(-n2c(SCc3c(C#N)c(C)nn3-c3ccccc3)nnc2-c2ccncc2)cc1. The van der Waals surface area contributed by atoms with Crippen LogP contribution in [-0.4, -0.2) is 36.6 Å². The minimum Gasteiger partial charge on any atom is -0.497 e. The van der Waals surface area contributed by atoms with Gasteiger partial charge in [-0.3, -0.25) is 9.55 Å². The molecule has 2 aromatic carbocycles. The second kappa shape index (κ2) is 9.83. The number of methoxy groups -OCH3 is 1. The number of rotatable bonds is 7. The Balaban J connectivity index is 1.56. The van der Waals surface area contributed by atoms with Crippen LogP contribution in [0.5, 0.6) is 5.75 Å². The molecule has 9 heteroatoms. The predicted molar refractivity (Wildman–Crippen MR) is 134 cm³/mol. The molecule has 0 bridgehead atoms. The molecule has 0 unspecified atom stereocenters. The van der Waals surface area contributed by atoms with E-state index in [0.717, 1.165) is 28.4 Å². The summed E-state index contributed by atoms with van der Waals surface area (Å²) in [6.45, 7) is 1.85. The van der Waals surface area contributed by atoms with Crippen molar-refractivity contribution in [3.05, 3.63) is 96.1 Å². The topological polar surface area (TPSA) is 94.4 Å². The highest BCUT2D eigenvalue weighted by molar-refractivity contribution is 7.98. The highest BCUT2D eigenvalue weighted by Crippen LogP contribution is 2.32. The highest BCUT2D eigenvalue weighted by atomic mass is 32.2. The van der Waals surface area contributed by atoms with E-state index in [9.17, 15) is 5.26 Å². The molecule has 0 aliphatic carbocycles. The number of hydrogen-bond acceptors (Lipinski definition) is 7. The van der Waals surface area contributed by atoms with Crippen LogP contribution in [0.15, 0.2) is 84.3 Å². The van der Waals surface area contributed by atoms with Crippen molar-refractivity contribution in [3.63, 3.8) is 0 Å². The van der Waals surface area contributed by atoms with Gasteiger partial charge in [0.25, 0.3) is 0 Å². The molecule has 0 fully saturated rings. The van der Waals surface area contributed by atoms with Gasteiger partial charge in [0.15, 0.2) is 11.0 Å². The first-order valence-electron chi connectivity index (χ1n) is 10.9. The number of aromatic nitrogens is 6. The molecule has 8 nitrogen and oxygen atoms in total. The molecule has 3 heterocycles. The first-order chi connectivity index (χ1) is 17.2. The summed E-state index contributed by atoms with van der Waals surface area (Å²) in [7, 11) is 1.64. The van der Waals surface area contributed by atoms with Crippen molar-refractivity contribution in [1.82, 2.24) is 29.5 Å². The molecule has 0 amide bonds. The number of aryl methyl sites for hydroxylation is 1. The van der Waals surface area contributed by atoms with Gasteiger partial charge in [0.1, 0.15) is 11.8 Å². The van der Waals surface area contributed by atoms with Crippen molar-refractivity contribution in [2.45, 2.75) is 17.8 Å². The zero-order chi connectivity index (χ0) is 24.2. The summed E-state index contributed by atoms with van der Waals surface area (Å²) in [6, 6.07) is 23.7. The van der Waals surface area contributed by atoms with E-state index in [4.69, 9.17) is 4.74 Å². The summed E-state index contributed by atoms with van der Waals surface area (Å²) in [5.74, 6) is 1.96. The average molecular weight is 480 g/mol. The molecule has 3 aromatic heterocycles. The maximum absolute atomic E-state index is 9.83. The summed E-state index contributed by atoms with van der Waals surface area (Å²) in [5.41, 5.74) is 4.79. The predicted octanol–water partition coefficient (Wildman–Crippen LogP) is 5.00. The van der Waals surface area contributed by atoms with E-state index in [1.165, 1.54) is 11.8 Å². The fourth-order valence-electron chi connectivity index (χ4n) is 3.78. The summed E-state index contributed by atoms with van der Waals surface area (Å²) in [4.78, 5) is 4.12. The van der Waals surface area contributed by atoms with Gasteiger partial charge in [-0.1, -0.05) is 30.0 Å². The van der Waals surface area contributed by atoms with Gasteiger partial charge in [-0.25, -0.2) is 4.68 Å². The Bertz CT molecular complexity index is 1490. The number of pyridine rings is 1. The Labute approximate surface area is 206 Å². The van der Waals surface area contributed by atoms with Crippen LogP contribution in [0.3, 0.4) is 0 Å². The Morgan fingerprint density at radius 3 is 2.37 bits per heavy atom. The lowest BCUT2D eigenvalue weighted by molar-refractivity contribution is 0.414. The fraction of sp³-hybridized carbons (Fsp3) is 0.115. The summed E-state index contributed by atoms with van der Waals surface area (Å²) < 4.78 is 9.16. The van der Waals surface area contributed by atoms with E-state index < -0.39 is 0 Å². The second-order valence-corrected chi connectivity index (χ2v) is 8.57. The van der Waals surface area contributed by atoms with Crippen molar-refractivity contribution in [2.75, 3.05) is 7.11 Å². The van der Waals surface area contributed by atoms with Gasteiger partial charge >= 0.3 is 0 Å². The number of hydrogen-bond donors (Lipinski definition) is 0. The summed E-state index contributed by atoms with van der Waals surface area (Å²) in [5, 5.41) is 24.2. The smallest absolute Gasteiger partial charge is 0.196 e. The third-order valence-electron chi connectivity index (χ3n) is 5.51. The quantitative estimate of drug-likeness (QED) is 0.303. The standard InChI is InChI=1S/C26H21N7OS/c1-18-23(16-27)24(33(31-18)21-6-4-3-5-7-21)17-35-26-30-29-25(19-12-14-28-15-13-19)32(26)20-8-10-22(34-2)11-9-20/h3-15H,17H2,1-2H3. The molecule has 5 rings (SSSR count). The van der Waals surface area contributed by atoms with Crippen molar-refractivity contribution in [1.29, 1.82) is 5.26 Å². The zero-order valence-electron chi connectivity index (χ0n) is 19.2. The van der Waals surface area contributed by atoms with Crippen LogP contribution in [0.1, 0.15) is 17.0 Å². The van der Waals surface area contributed by atoms with Crippen LogP contribution in [0.4, 0.5) is 0 Å². The Kier molecular flexibility index (Phi) is 6.28. The molecule has 35 heavy (non-hydrogen) atoms. The van der Waals surface area contributed by atoms with Crippen molar-refractivity contribution in [2.24, 2.45) is 0 Å². The summed E-state index contributed by atoms with van der Waals surface area (Å²) >= 11 is 1.50. The monoisotopic (exact) mass is 479 g/mol. The molecule has 0 saturated carbocycles. The van der Waals surface area contributed by atoms with Crippen molar-refractivity contribution >= 4 is 11.8 Å². The largest absolute Gasteiger partial charge is 0.497 e. The van der Waals surface area contributed by atoms with E-state index in [1.807, 2.05) is 82.9 Å². The number of nitrogens with zero attached hydrogens (tertiary/aromatic N) is 7. The maximum Gasteiger partial charge on any atom is 0.196 e. The molecule has 0 radical (unpaired) electrons. The number of nitriles is 1. The van der Waals surface area contributed by atoms with E-state index in [2.05, 4.69) is 26.3 Å². The van der Waals surface area contributed by atoms with Gasteiger partial charge in [0.05, 0.1) is 29.7 Å². The molecule has 0 spiro atoms. The number of benzene rings is 2.